The Hall–Kier alpha value is -2.62. The minimum absolute atomic E-state index is 0.746. The normalized spacial score (nSPS) is 10.7. The van der Waals surface area contributed by atoms with Crippen molar-refractivity contribution in [3.8, 4) is 17.0 Å². The van der Waals surface area contributed by atoms with Crippen molar-refractivity contribution in [3.05, 3.63) is 65.6 Å². The molecule has 0 unspecified atom stereocenters. The largest absolute Gasteiger partial charge is 0.497 e. The summed E-state index contributed by atoms with van der Waals surface area (Å²) in [7, 11) is 1.67. The Morgan fingerprint density at radius 1 is 1.05 bits per heavy atom. The average Bonchev–Trinajstić information content (AvgIpc) is 2.86. The van der Waals surface area contributed by atoms with Gasteiger partial charge in [-0.05, 0) is 55.8 Å². The fraction of sp³-hybridized carbons (Fsp3) is 0.222. The van der Waals surface area contributed by atoms with Crippen LogP contribution in [0.15, 0.2) is 48.7 Å². The van der Waals surface area contributed by atoms with Gasteiger partial charge >= 0.3 is 0 Å². The van der Waals surface area contributed by atoms with Crippen LogP contribution in [0.4, 0.5) is 0 Å². The summed E-state index contributed by atoms with van der Waals surface area (Å²) in [5.74, 6) is 0.852. The molecule has 0 spiro atoms. The summed E-state index contributed by atoms with van der Waals surface area (Å²) in [6.07, 6.45) is 1.91. The third-order valence-corrected chi connectivity index (χ3v) is 3.65. The minimum atomic E-state index is 0.746. The minimum Gasteiger partial charge on any atom is -0.497 e. The van der Waals surface area contributed by atoms with Gasteiger partial charge in [0, 0.05) is 17.5 Å². The van der Waals surface area contributed by atoms with E-state index in [9.17, 15) is 0 Å². The molecular weight excluding hydrogens is 274 g/mol. The molecule has 0 aliphatic heterocycles. The molecule has 4 heteroatoms. The zero-order valence-electron chi connectivity index (χ0n) is 13.1. The molecule has 3 aromatic rings. The number of nitrogens with zero attached hydrogens (tertiary/aromatic N) is 3. The lowest BCUT2D eigenvalue weighted by molar-refractivity contribution is 0.415. The van der Waals surface area contributed by atoms with Crippen molar-refractivity contribution in [2.24, 2.45) is 0 Å². The van der Waals surface area contributed by atoms with E-state index in [1.165, 1.54) is 0 Å². The van der Waals surface area contributed by atoms with E-state index in [1.807, 2.05) is 48.1 Å². The molecule has 0 N–H and O–H groups in total. The van der Waals surface area contributed by atoms with Gasteiger partial charge in [-0.1, -0.05) is 6.07 Å². The standard InChI is InChI=1S/C18H19N3O/c1-13-10-14(2)21(20-13)12-15-4-9-18(19-11-15)16-5-7-17(22-3)8-6-16/h4-11H,12H2,1-3H3. The molecule has 112 valence electrons. The molecule has 0 saturated heterocycles. The third-order valence-electron chi connectivity index (χ3n) is 3.65. The van der Waals surface area contributed by atoms with Gasteiger partial charge in [0.05, 0.1) is 25.0 Å². The van der Waals surface area contributed by atoms with Crippen LogP contribution in [0.1, 0.15) is 17.0 Å². The van der Waals surface area contributed by atoms with Crippen LogP contribution in [0.5, 0.6) is 5.75 Å². The fourth-order valence-corrected chi connectivity index (χ4v) is 2.46. The van der Waals surface area contributed by atoms with Crippen LogP contribution in [0.3, 0.4) is 0 Å². The second kappa shape index (κ2) is 6.02. The SMILES string of the molecule is COc1ccc(-c2ccc(Cn3nc(C)cc3C)cn2)cc1. The first-order chi connectivity index (χ1) is 10.7. The second-order valence-corrected chi connectivity index (χ2v) is 5.36. The molecule has 0 fully saturated rings. The molecule has 0 bridgehead atoms. The number of benzene rings is 1. The second-order valence-electron chi connectivity index (χ2n) is 5.36. The van der Waals surface area contributed by atoms with Gasteiger partial charge < -0.3 is 4.74 Å². The van der Waals surface area contributed by atoms with Gasteiger partial charge in [0.2, 0.25) is 0 Å². The van der Waals surface area contributed by atoms with Crippen LogP contribution >= 0.6 is 0 Å². The zero-order valence-corrected chi connectivity index (χ0v) is 13.1. The van der Waals surface area contributed by atoms with E-state index in [0.717, 1.165) is 40.5 Å². The molecule has 2 heterocycles. The first kappa shape index (κ1) is 14.3. The van der Waals surface area contributed by atoms with E-state index in [4.69, 9.17) is 4.74 Å². The molecule has 0 aliphatic rings. The first-order valence-electron chi connectivity index (χ1n) is 7.26. The van der Waals surface area contributed by atoms with Gasteiger partial charge in [0.25, 0.3) is 0 Å². The number of methoxy groups -OCH3 is 1. The summed E-state index contributed by atoms with van der Waals surface area (Å²) in [6, 6.07) is 14.1. The molecule has 0 atom stereocenters. The zero-order chi connectivity index (χ0) is 15.5. The van der Waals surface area contributed by atoms with Crippen LogP contribution in [-0.4, -0.2) is 21.9 Å². The van der Waals surface area contributed by atoms with Gasteiger partial charge in [-0.3, -0.25) is 9.67 Å². The summed E-state index contributed by atoms with van der Waals surface area (Å²) < 4.78 is 7.17. The van der Waals surface area contributed by atoms with Crippen LogP contribution in [0.25, 0.3) is 11.3 Å². The summed E-state index contributed by atoms with van der Waals surface area (Å²) in [5.41, 5.74) is 5.39. The highest BCUT2D eigenvalue weighted by atomic mass is 16.5. The lowest BCUT2D eigenvalue weighted by atomic mass is 10.1. The molecule has 0 radical (unpaired) electrons. The highest BCUT2D eigenvalue weighted by Crippen LogP contribution is 2.20. The number of aromatic nitrogens is 3. The monoisotopic (exact) mass is 293 g/mol. The molecule has 3 rings (SSSR count). The number of aryl methyl sites for hydroxylation is 2. The van der Waals surface area contributed by atoms with Crippen molar-refractivity contribution < 1.29 is 4.74 Å². The Morgan fingerprint density at radius 2 is 1.82 bits per heavy atom. The van der Waals surface area contributed by atoms with E-state index < -0.39 is 0 Å². The van der Waals surface area contributed by atoms with Gasteiger partial charge in [-0.25, -0.2) is 0 Å². The summed E-state index contributed by atoms with van der Waals surface area (Å²) >= 11 is 0. The van der Waals surface area contributed by atoms with E-state index in [0.29, 0.717) is 0 Å². The predicted octanol–water partition coefficient (Wildman–Crippen LogP) is 3.62. The Labute approximate surface area is 130 Å². The molecule has 0 aliphatic carbocycles. The van der Waals surface area contributed by atoms with Crippen LogP contribution in [-0.2, 0) is 6.54 Å². The van der Waals surface area contributed by atoms with Crippen molar-refractivity contribution in [3.63, 3.8) is 0 Å². The van der Waals surface area contributed by atoms with Crippen molar-refractivity contribution in [2.75, 3.05) is 7.11 Å². The first-order valence-corrected chi connectivity index (χ1v) is 7.26. The number of pyridine rings is 1. The third kappa shape index (κ3) is 3.01. The summed E-state index contributed by atoms with van der Waals surface area (Å²) in [6.45, 7) is 4.82. The Morgan fingerprint density at radius 3 is 2.36 bits per heavy atom. The van der Waals surface area contributed by atoms with Crippen molar-refractivity contribution in [1.82, 2.24) is 14.8 Å². The van der Waals surface area contributed by atoms with E-state index in [1.54, 1.807) is 7.11 Å². The summed E-state index contributed by atoms with van der Waals surface area (Å²) in [4.78, 5) is 4.56. The molecule has 4 nitrogen and oxygen atoms in total. The Balaban J connectivity index is 1.78. The van der Waals surface area contributed by atoms with Crippen LogP contribution in [0.2, 0.25) is 0 Å². The maximum absolute atomic E-state index is 5.17. The fourth-order valence-electron chi connectivity index (χ4n) is 2.46. The number of ether oxygens (including phenoxy) is 1. The molecule has 2 aromatic heterocycles. The number of rotatable bonds is 4. The van der Waals surface area contributed by atoms with Crippen LogP contribution < -0.4 is 4.74 Å². The molecule has 1 aromatic carbocycles. The Bertz CT molecular complexity index is 758. The maximum Gasteiger partial charge on any atom is 0.118 e. The maximum atomic E-state index is 5.17. The lowest BCUT2D eigenvalue weighted by Gasteiger charge is -2.06. The number of hydrogen-bond donors (Lipinski definition) is 0. The van der Waals surface area contributed by atoms with Gasteiger partial charge in [-0.2, -0.15) is 5.10 Å². The molecule has 0 amide bonds. The lowest BCUT2D eigenvalue weighted by Crippen LogP contribution is -2.04. The van der Waals surface area contributed by atoms with Crippen molar-refractivity contribution >= 4 is 0 Å². The topological polar surface area (TPSA) is 39.9 Å². The van der Waals surface area contributed by atoms with Gasteiger partial charge in [0.15, 0.2) is 0 Å². The van der Waals surface area contributed by atoms with E-state index in [2.05, 4.69) is 29.1 Å². The average molecular weight is 293 g/mol. The van der Waals surface area contributed by atoms with E-state index >= 15 is 0 Å². The van der Waals surface area contributed by atoms with Crippen molar-refractivity contribution in [2.45, 2.75) is 20.4 Å². The highest BCUT2D eigenvalue weighted by molar-refractivity contribution is 5.60. The molecule has 0 saturated carbocycles. The number of hydrogen-bond acceptors (Lipinski definition) is 3. The molecular formula is C18H19N3O. The summed E-state index contributed by atoms with van der Waals surface area (Å²) in [5, 5.41) is 4.48. The molecule has 22 heavy (non-hydrogen) atoms. The van der Waals surface area contributed by atoms with Gasteiger partial charge in [-0.15, -0.1) is 0 Å². The predicted molar refractivity (Wildman–Crippen MR) is 87.0 cm³/mol. The quantitative estimate of drug-likeness (QED) is 0.737. The van der Waals surface area contributed by atoms with Crippen LogP contribution in [0, 0.1) is 13.8 Å². The van der Waals surface area contributed by atoms with Gasteiger partial charge in [0.1, 0.15) is 5.75 Å². The smallest absolute Gasteiger partial charge is 0.118 e. The highest BCUT2D eigenvalue weighted by Gasteiger charge is 2.04. The van der Waals surface area contributed by atoms with Crippen molar-refractivity contribution in [1.29, 1.82) is 0 Å². The Kier molecular flexibility index (Phi) is 3.92. The van der Waals surface area contributed by atoms with E-state index in [-0.39, 0.29) is 0 Å².